The molecule has 3 N–H and O–H groups in total. The molecular weight excluding hydrogens is 1060 g/mol. The first kappa shape index (κ1) is 59.2. The second-order valence-corrected chi connectivity index (χ2v) is 20.7. The van der Waals surface area contributed by atoms with Crippen LogP contribution >= 0.6 is 23.2 Å². The molecule has 18 nitrogen and oxygen atoms in total. The zero-order valence-corrected chi connectivity index (χ0v) is 47.1. The molecule has 80 heavy (non-hydrogen) atoms. The second-order valence-electron chi connectivity index (χ2n) is 19.9. The van der Waals surface area contributed by atoms with Gasteiger partial charge in [-0.3, -0.25) is 33.7 Å². The molecule has 0 spiro atoms. The van der Waals surface area contributed by atoms with Crippen molar-refractivity contribution in [3.8, 4) is 11.5 Å². The van der Waals surface area contributed by atoms with Crippen LogP contribution < -0.4 is 25.4 Å². The van der Waals surface area contributed by atoms with Gasteiger partial charge in [0.15, 0.2) is 23.7 Å². The Morgan fingerprint density at radius 1 is 0.725 bits per heavy atom. The van der Waals surface area contributed by atoms with Crippen LogP contribution in [0.3, 0.4) is 0 Å². The number of anilines is 3. The number of rotatable bonds is 20. The third kappa shape index (κ3) is 14.4. The number of carbonyl (C=O) groups excluding carboxylic acids is 7. The lowest BCUT2D eigenvalue weighted by Gasteiger charge is -2.25. The number of ether oxygens (including phenoxy) is 3. The van der Waals surface area contributed by atoms with E-state index in [2.05, 4.69) is 26.3 Å². The first-order chi connectivity index (χ1) is 38.2. The lowest BCUT2D eigenvalue weighted by atomic mass is 9.86. The lowest BCUT2D eigenvalue weighted by Crippen LogP contribution is -2.52. The summed E-state index contributed by atoms with van der Waals surface area (Å²) in [6.07, 6.45) is -0.528. The monoisotopic (exact) mass is 1120 g/mol. The van der Waals surface area contributed by atoms with Crippen LogP contribution in [-0.4, -0.2) is 98.6 Å². The summed E-state index contributed by atoms with van der Waals surface area (Å²) in [7, 11) is 1.48. The van der Waals surface area contributed by atoms with Gasteiger partial charge in [-0.2, -0.15) is 0 Å². The number of hydrogen-bond donors (Lipinski definition) is 3. The number of Topliss-reactive ketones (excluding diaryl/α,β-unsaturated/α-hetero) is 2. The average Bonchev–Trinajstić information content (AvgIpc) is 3.98. The number of fused-ring (bicyclic) bond motifs is 1. The van der Waals surface area contributed by atoms with E-state index in [4.69, 9.17) is 37.4 Å². The number of carbonyl (C=O) groups is 7. The molecule has 0 bridgehead atoms. The number of aryl methyl sites for hydroxylation is 3. The Hall–Kier alpha value is -8.45. The Kier molecular flexibility index (Phi) is 19.6. The molecule has 3 atom stereocenters. The Morgan fingerprint density at radius 2 is 1.35 bits per heavy atom. The third-order valence-corrected chi connectivity index (χ3v) is 13.4. The largest absolute Gasteiger partial charge is 0.497 e. The number of imide groups is 1. The average molecular weight is 1130 g/mol. The highest BCUT2D eigenvalue weighted by Crippen LogP contribution is 2.32. The van der Waals surface area contributed by atoms with Crippen LogP contribution in [0.4, 0.5) is 21.9 Å². The van der Waals surface area contributed by atoms with Crippen LogP contribution in [-0.2, 0) is 35.3 Å². The van der Waals surface area contributed by atoms with Crippen molar-refractivity contribution in [1.29, 1.82) is 0 Å². The summed E-state index contributed by atoms with van der Waals surface area (Å²) in [4.78, 5) is 96.3. The summed E-state index contributed by atoms with van der Waals surface area (Å²) in [6, 6.07) is 34.0. The molecule has 6 amide bonds. The van der Waals surface area contributed by atoms with Gasteiger partial charge in [0.1, 0.15) is 17.0 Å². The summed E-state index contributed by atoms with van der Waals surface area (Å²) in [5, 5.41) is 16.9. The quantitative estimate of drug-likeness (QED) is 0.0281. The maximum absolute atomic E-state index is 13.8. The predicted molar refractivity (Wildman–Crippen MR) is 306 cm³/mol. The SMILES string of the molecule is CCOC1C(=O)N(C(C(=O)Nc2cc(C)ccc2Cl)C(=O)c2ccc(OC)cc2)C(=O)N1Cc1ccccc1.Cc1ccc(OCCCC(=O)Nc2ccc(Cl)c(NC(=O)C(C(=O)C(C)(C)C)n3nnc4ccccc43)c2)c(C)c1. The van der Waals surface area contributed by atoms with Crippen molar-refractivity contribution in [2.45, 2.75) is 86.2 Å². The van der Waals surface area contributed by atoms with Gasteiger partial charge in [0.05, 0.1) is 47.2 Å². The fraction of sp³-hybridized carbons (Fsp3) is 0.283. The molecule has 0 radical (unpaired) electrons. The van der Waals surface area contributed by atoms with Crippen molar-refractivity contribution in [3.63, 3.8) is 0 Å². The molecule has 1 fully saturated rings. The van der Waals surface area contributed by atoms with Crippen LogP contribution in [0.5, 0.6) is 11.5 Å². The van der Waals surface area contributed by atoms with Crippen LogP contribution in [0.2, 0.25) is 10.0 Å². The van der Waals surface area contributed by atoms with Gasteiger partial charge in [0.2, 0.25) is 12.1 Å². The van der Waals surface area contributed by atoms with Crippen molar-refractivity contribution in [2.24, 2.45) is 5.41 Å². The van der Waals surface area contributed by atoms with Crippen molar-refractivity contribution < 1.29 is 47.8 Å². The van der Waals surface area contributed by atoms with Gasteiger partial charge in [-0.15, -0.1) is 5.10 Å². The van der Waals surface area contributed by atoms with E-state index in [9.17, 15) is 33.6 Å². The topological polar surface area (TPSA) is 220 Å². The Bertz CT molecular complexity index is 3420. The van der Waals surface area contributed by atoms with Crippen LogP contribution in [0.1, 0.15) is 79.2 Å². The van der Waals surface area contributed by atoms with E-state index in [1.807, 2.05) is 45.0 Å². The summed E-state index contributed by atoms with van der Waals surface area (Å²) in [5.41, 5.74) is 5.12. The number of aromatic nitrogens is 3. The van der Waals surface area contributed by atoms with Crippen molar-refractivity contribution in [3.05, 3.63) is 171 Å². The molecular formula is C60H62Cl2N8O10. The van der Waals surface area contributed by atoms with Crippen LogP contribution in [0.25, 0.3) is 11.0 Å². The molecule has 0 aliphatic carbocycles. The molecule has 1 aromatic heterocycles. The van der Waals surface area contributed by atoms with E-state index < -0.39 is 53.3 Å². The Morgan fingerprint density at radius 3 is 2.01 bits per heavy atom. The number of amides is 6. The lowest BCUT2D eigenvalue weighted by molar-refractivity contribution is -0.144. The van der Waals surface area contributed by atoms with E-state index in [0.29, 0.717) is 40.4 Å². The maximum Gasteiger partial charge on any atom is 0.330 e. The normalized spacial score (nSPS) is 13.9. The number of ketones is 2. The van der Waals surface area contributed by atoms with Gasteiger partial charge in [-0.25, -0.2) is 14.4 Å². The van der Waals surface area contributed by atoms with Crippen molar-refractivity contribution in [2.75, 3.05) is 36.3 Å². The Balaban J connectivity index is 0.000000231. The van der Waals surface area contributed by atoms with Crippen LogP contribution in [0.15, 0.2) is 133 Å². The fourth-order valence-corrected chi connectivity index (χ4v) is 8.93. The third-order valence-electron chi connectivity index (χ3n) is 12.7. The number of urea groups is 1. The van der Waals surface area contributed by atoms with Gasteiger partial charge >= 0.3 is 6.03 Å². The zero-order valence-electron chi connectivity index (χ0n) is 45.5. The van der Waals surface area contributed by atoms with Gasteiger partial charge in [-0.05, 0) is 124 Å². The standard InChI is InChI=1S/C31H34ClN5O4.C29H28ClN3O6/c1-19-12-15-26(20(2)17-19)41-16-8-11-27(38)33-21-13-14-22(32)24(18-21)34-30(40)28(29(39)31(3,4)5)37-25-10-7-6-9-23(25)35-36-37;1-4-39-28-27(36)33(29(37)32(28)17-19-8-6-5-7-9-19)24(25(34)20-11-13-21(38-3)14-12-20)26(35)31-23-16-18(2)10-15-22(23)30/h6-7,9-10,12-15,17-18,28H,8,11,16H2,1-5H3,(H,33,38)(H,34,40);5-16,24,28H,4,17H2,1-3H3,(H,31,35). The van der Waals surface area contributed by atoms with Gasteiger partial charge in [0, 0.05) is 29.7 Å². The highest BCUT2D eigenvalue weighted by atomic mass is 35.5. The summed E-state index contributed by atoms with van der Waals surface area (Å²) < 4.78 is 17.9. The molecule has 1 aliphatic rings. The minimum atomic E-state index is -1.82. The van der Waals surface area contributed by atoms with Crippen LogP contribution in [0, 0.1) is 26.2 Å². The number of nitrogens with zero attached hydrogens (tertiary/aromatic N) is 5. The molecule has 6 aromatic carbocycles. The fourth-order valence-electron chi connectivity index (χ4n) is 8.60. The summed E-state index contributed by atoms with van der Waals surface area (Å²) in [6.45, 7) is 13.3. The minimum Gasteiger partial charge on any atom is -0.497 e. The van der Waals surface area contributed by atoms with Gasteiger partial charge in [-0.1, -0.05) is 115 Å². The van der Waals surface area contributed by atoms with Crippen molar-refractivity contribution >= 4 is 92.5 Å². The molecule has 2 heterocycles. The van der Waals surface area contributed by atoms with E-state index in [1.165, 1.54) is 28.8 Å². The number of para-hydroxylation sites is 1. The number of methoxy groups -OCH3 is 1. The summed E-state index contributed by atoms with van der Waals surface area (Å²) >= 11 is 12.7. The van der Waals surface area contributed by atoms with E-state index in [0.717, 1.165) is 28.0 Å². The molecule has 416 valence electrons. The van der Waals surface area contributed by atoms with E-state index in [-0.39, 0.29) is 58.2 Å². The molecule has 7 aromatic rings. The van der Waals surface area contributed by atoms with Crippen molar-refractivity contribution in [1.82, 2.24) is 24.8 Å². The smallest absolute Gasteiger partial charge is 0.330 e. The van der Waals surface area contributed by atoms with Gasteiger partial charge in [0.25, 0.3) is 17.7 Å². The molecule has 20 heteroatoms. The second kappa shape index (κ2) is 26.5. The molecule has 8 rings (SSSR count). The number of hydrogen-bond acceptors (Lipinski definition) is 12. The summed E-state index contributed by atoms with van der Waals surface area (Å²) in [5.74, 6) is -2.31. The number of benzene rings is 6. The minimum absolute atomic E-state index is 0.0430. The highest BCUT2D eigenvalue weighted by molar-refractivity contribution is 6.34. The predicted octanol–water partition coefficient (Wildman–Crippen LogP) is 11.0. The van der Waals surface area contributed by atoms with E-state index in [1.54, 1.807) is 125 Å². The number of nitrogens with one attached hydrogen (secondary N) is 3. The molecule has 1 saturated heterocycles. The van der Waals surface area contributed by atoms with E-state index >= 15 is 0 Å². The zero-order chi connectivity index (χ0) is 57.8. The maximum atomic E-state index is 13.8. The molecule has 0 saturated carbocycles. The molecule has 1 aliphatic heterocycles. The first-order valence-electron chi connectivity index (χ1n) is 25.7. The number of halogens is 2. The first-order valence-corrected chi connectivity index (χ1v) is 26.4. The van der Waals surface area contributed by atoms with Gasteiger partial charge < -0.3 is 30.2 Å². The Labute approximate surface area is 473 Å². The highest BCUT2D eigenvalue weighted by Gasteiger charge is 2.53. The molecule has 3 unspecified atom stereocenters.